The van der Waals surface area contributed by atoms with Gasteiger partial charge >= 0.3 is 0 Å². The van der Waals surface area contributed by atoms with Crippen molar-refractivity contribution in [2.24, 2.45) is 0 Å². The minimum Gasteiger partial charge on any atom is -0.392 e. The van der Waals surface area contributed by atoms with E-state index < -0.39 is 0 Å². The highest BCUT2D eigenvalue weighted by Gasteiger charge is 2.10. The van der Waals surface area contributed by atoms with Crippen molar-refractivity contribution < 1.29 is 9.50 Å². The SMILES string of the molecule is CCCCCCn1cc(-c2cc(C)c(CO)c(F)c2)cn1. The van der Waals surface area contributed by atoms with Gasteiger partial charge in [-0.25, -0.2) is 4.39 Å². The molecule has 1 aromatic heterocycles. The second-order valence-corrected chi connectivity index (χ2v) is 5.46. The zero-order chi connectivity index (χ0) is 15.2. The number of nitrogens with zero attached hydrogens (tertiary/aromatic N) is 2. The number of halogens is 1. The lowest BCUT2D eigenvalue weighted by Gasteiger charge is -2.07. The Morgan fingerprint density at radius 2 is 2.00 bits per heavy atom. The van der Waals surface area contributed by atoms with E-state index in [9.17, 15) is 4.39 Å². The van der Waals surface area contributed by atoms with Crippen LogP contribution in [-0.2, 0) is 13.2 Å². The first-order valence-electron chi connectivity index (χ1n) is 7.58. The molecule has 0 spiro atoms. The van der Waals surface area contributed by atoms with Crippen molar-refractivity contribution in [3.63, 3.8) is 0 Å². The lowest BCUT2D eigenvalue weighted by Crippen LogP contribution is -1.98. The molecule has 0 aliphatic carbocycles. The van der Waals surface area contributed by atoms with E-state index in [0.29, 0.717) is 5.56 Å². The van der Waals surface area contributed by atoms with Gasteiger partial charge in [-0.1, -0.05) is 32.3 Å². The van der Waals surface area contributed by atoms with E-state index >= 15 is 0 Å². The topological polar surface area (TPSA) is 38.0 Å². The smallest absolute Gasteiger partial charge is 0.129 e. The molecule has 3 nitrogen and oxygen atoms in total. The van der Waals surface area contributed by atoms with Crippen LogP contribution < -0.4 is 0 Å². The quantitative estimate of drug-likeness (QED) is 0.781. The number of aliphatic hydroxyl groups excluding tert-OH is 1. The molecule has 114 valence electrons. The van der Waals surface area contributed by atoms with E-state index in [4.69, 9.17) is 5.11 Å². The molecule has 0 amide bonds. The molecule has 0 fully saturated rings. The van der Waals surface area contributed by atoms with E-state index in [0.717, 1.165) is 29.7 Å². The first-order valence-corrected chi connectivity index (χ1v) is 7.58. The summed E-state index contributed by atoms with van der Waals surface area (Å²) in [7, 11) is 0. The Bertz CT molecular complexity index is 569. The maximum atomic E-state index is 13.9. The Kier molecular flexibility index (Phi) is 5.51. The van der Waals surface area contributed by atoms with Gasteiger partial charge in [-0.15, -0.1) is 0 Å². The van der Waals surface area contributed by atoms with Crippen LogP contribution in [0.15, 0.2) is 24.5 Å². The van der Waals surface area contributed by atoms with Crippen LogP contribution >= 0.6 is 0 Å². The van der Waals surface area contributed by atoms with E-state index in [-0.39, 0.29) is 12.4 Å². The van der Waals surface area contributed by atoms with Gasteiger partial charge in [-0.3, -0.25) is 4.68 Å². The lowest BCUT2D eigenvalue weighted by molar-refractivity contribution is 0.275. The fraction of sp³-hybridized carbons (Fsp3) is 0.471. The van der Waals surface area contributed by atoms with E-state index in [1.165, 1.54) is 25.3 Å². The number of aryl methyl sites for hydroxylation is 2. The van der Waals surface area contributed by atoms with Crippen molar-refractivity contribution in [1.82, 2.24) is 9.78 Å². The van der Waals surface area contributed by atoms with Gasteiger partial charge in [0.05, 0.1) is 12.8 Å². The summed E-state index contributed by atoms with van der Waals surface area (Å²) < 4.78 is 15.8. The predicted octanol–water partition coefficient (Wildman–Crippen LogP) is 4.07. The number of rotatable bonds is 7. The Morgan fingerprint density at radius 1 is 1.19 bits per heavy atom. The van der Waals surface area contributed by atoms with Crippen molar-refractivity contribution >= 4 is 0 Å². The average molecular weight is 290 g/mol. The van der Waals surface area contributed by atoms with Crippen molar-refractivity contribution in [2.45, 2.75) is 52.7 Å². The highest BCUT2D eigenvalue weighted by Crippen LogP contribution is 2.24. The van der Waals surface area contributed by atoms with Crippen LogP contribution in [0, 0.1) is 12.7 Å². The summed E-state index contributed by atoms with van der Waals surface area (Å²) in [6.07, 6.45) is 8.53. The maximum absolute atomic E-state index is 13.9. The summed E-state index contributed by atoms with van der Waals surface area (Å²) in [6, 6.07) is 3.37. The Labute approximate surface area is 125 Å². The molecule has 0 saturated carbocycles. The van der Waals surface area contributed by atoms with Gasteiger partial charge < -0.3 is 5.11 Å². The van der Waals surface area contributed by atoms with Gasteiger partial charge in [0, 0.05) is 23.9 Å². The summed E-state index contributed by atoms with van der Waals surface area (Å²) in [5, 5.41) is 13.5. The van der Waals surface area contributed by atoms with Crippen LogP contribution in [0.3, 0.4) is 0 Å². The molecule has 0 aliphatic heterocycles. The van der Waals surface area contributed by atoms with Crippen molar-refractivity contribution in [3.05, 3.63) is 41.5 Å². The lowest BCUT2D eigenvalue weighted by atomic mass is 10.0. The Balaban J connectivity index is 2.10. The molecule has 0 saturated heterocycles. The maximum Gasteiger partial charge on any atom is 0.129 e. The number of hydrogen-bond donors (Lipinski definition) is 1. The fourth-order valence-electron chi connectivity index (χ4n) is 2.48. The number of hydrogen-bond acceptors (Lipinski definition) is 2. The predicted molar refractivity (Wildman–Crippen MR) is 82.4 cm³/mol. The zero-order valence-electron chi connectivity index (χ0n) is 12.8. The van der Waals surface area contributed by atoms with Gasteiger partial charge in [0.15, 0.2) is 0 Å². The van der Waals surface area contributed by atoms with Crippen molar-refractivity contribution in [2.75, 3.05) is 0 Å². The largest absolute Gasteiger partial charge is 0.392 e. The van der Waals surface area contributed by atoms with Crippen LogP contribution in [0.25, 0.3) is 11.1 Å². The Hall–Kier alpha value is -1.68. The molecule has 2 aromatic rings. The number of unbranched alkanes of at least 4 members (excludes halogenated alkanes) is 3. The van der Waals surface area contributed by atoms with Gasteiger partial charge in [-0.2, -0.15) is 5.10 Å². The van der Waals surface area contributed by atoms with E-state index in [1.807, 2.05) is 23.9 Å². The minimum atomic E-state index is -0.358. The van der Waals surface area contributed by atoms with Crippen LogP contribution in [0.4, 0.5) is 4.39 Å². The summed E-state index contributed by atoms with van der Waals surface area (Å²) >= 11 is 0. The van der Waals surface area contributed by atoms with Crippen LogP contribution in [0.2, 0.25) is 0 Å². The molecule has 2 rings (SSSR count). The number of aliphatic hydroxyl groups is 1. The minimum absolute atomic E-state index is 0.269. The third-order valence-electron chi connectivity index (χ3n) is 3.78. The van der Waals surface area contributed by atoms with Gasteiger partial charge in [0.1, 0.15) is 5.82 Å². The second kappa shape index (κ2) is 7.36. The van der Waals surface area contributed by atoms with Crippen molar-refractivity contribution in [3.8, 4) is 11.1 Å². The zero-order valence-corrected chi connectivity index (χ0v) is 12.8. The molecule has 0 aliphatic rings. The van der Waals surface area contributed by atoms with Crippen LogP contribution in [0.5, 0.6) is 0 Å². The first kappa shape index (κ1) is 15.7. The van der Waals surface area contributed by atoms with Gasteiger partial charge in [0.2, 0.25) is 0 Å². The molecule has 0 radical (unpaired) electrons. The molecular formula is C17H23FN2O. The highest BCUT2D eigenvalue weighted by atomic mass is 19.1. The summed E-state index contributed by atoms with van der Waals surface area (Å²) in [5.74, 6) is -0.358. The third kappa shape index (κ3) is 3.91. The van der Waals surface area contributed by atoms with Crippen LogP contribution in [-0.4, -0.2) is 14.9 Å². The van der Waals surface area contributed by atoms with Gasteiger partial charge in [0.25, 0.3) is 0 Å². The molecule has 0 unspecified atom stereocenters. The van der Waals surface area contributed by atoms with Crippen LogP contribution in [0.1, 0.15) is 43.7 Å². The summed E-state index contributed by atoms with van der Waals surface area (Å²) in [6.45, 7) is 4.64. The molecular weight excluding hydrogens is 267 g/mol. The van der Waals surface area contributed by atoms with E-state index in [1.54, 1.807) is 6.20 Å². The monoisotopic (exact) mass is 290 g/mol. The molecule has 0 atom stereocenters. The summed E-state index contributed by atoms with van der Waals surface area (Å²) in [5.41, 5.74) is 2.85. The number of aromatic nitrogens is 2. The second-order valence-electron chi connectivity index (χ2n) is 5.46. The van der Waals surface area contributed by atoms with Crippen molar-refractivity contribution in [1.29, 1.82) is 0 Å². The molecule has 1 aromatic carbocycles. The Morgan fingerprint density at radius 3 is 2.67 bits per heavy atom. The summed E-state index contributed by atoms with van der Waals surface area (Å²) in [4.78, 5) is 0. The number of benzene rings is 1. The molecule has 4 heteroatoms. The fourth-order valence-corrected chi connectivity index (χ4v) is 2.48. The average Bonchev–Trinajstić information content (AvgIpc) is 2.92. The third-order valence-corrected chi connectivity index (χ3v) is 3.78. The van der Waals surface area contributed by atoms with Gasteiger partial charge in [-0.05, 0) is 30.5 Å². The standard InChI is InChI=1S/C17H23FN2O/c1-3-4-5-6-7-20-11-15(10-19-20)14-8-13(2)16(12-21)17(18)9-14/h8-11,21H,3-7,12H2,1-2H3. The first-order chi connectivity index (χ1) is 10.2. The molecule has 1 N–H and O–H groups in total. The highest BCUT2D eigenvalue weighted by molar-refractivity contribution is 5.63. The van der Waals surface area contributed by atoms with E-state index in [2.05, 4.69) is 12.0 Å². The molecule has 1 heterocycles. The molecule has 21 heavy (non-hydrogen) atoms. The molecule has 0 bridgehead atoms. The normalized spacial score (nSPS) is 11.0.